The largest absolute Gasteiger partial charge is 0.327 e. The van der Waals surface area contributed by atoms with E-state index in [1.807, 2.05) is 0 Å². The van der Waals surface area contributed by atoms with Gasteiger partial charge < -0.3 is 4.48 Å². The van der Waals surface area contributed by atoms with Gasteiger partial charge in [-0.1, -0.05) is 30.3 Å². The molecule has 1 aliphatic rings. The second-order valence-corrected chi connectivity index (χ2v) is 6.17. The minimum absolute atomic E-state index is 0.985. The summed E-state index contributed by atoms with van der Waals surface area (Å²) in [7, 11) is 6.76. The molecule has 0 unspecified atom stereocenters. The summed E-state index contributed by atoms with van der Waals surface area (Å²) in [5, 5.41) is 3.02. The van der Waals surface area contributed by atoms with Crippen molar-refractivity contribution in [1.82, 2.24) is 0 Å². The van der Waals surface area contributed by atoms with Gasteiger partial charge in [0.1, 0.15) is 6.54 Å². The van der Waals surface area contributed by atoms with Gasteiger partial charge in [-0.2, -0.15) is 0 Å². The van der Waals surface area contributed by atoms with Crippen LogP contribution in [0.2, 0.25) is 0 Å². The van der Waals surface area contributed by atoms with E-state index < -0.39 is 0 Å². The molecule has 88 valence electrons. The van der Waals surface area contributed by atoms with Crippen molar-refractivity contribution >= 4 is 10.8 Å². The Labute approximate surface area is 103 Å². The van der Waals surface area contributed by atoms with Gasteiger partial charge in [0, 0.05) is 5.56 Å². The quantitative estimate of drug-likeness (QED) is 0.690. The molecule has 1 nitrogen and oxygen atoms in total. The normalized spacial score (nSPS) is 14.5. The number of quaternary nitrogens is 1. The molecule has 0 fully saturated rings. The van der Waals surface area contributed by atoms with Gasteiger partial charge in [0.25, 0.3) is 0 Å². The molecule has 3 rings (SSSR count). The topological polar surface area (TPSA) is 0 Å². The summed E-state index contributed by atoms with van der Waals surface area (Å²) in [6.07, 6.45) is 2.45. The highest BCUT2D eigenvalue weighted by molar-refractivity contribution is 5.93. The van der Waals surface area contributed by atoms with Gasteiger partial charge in [0.05, 0.1) is 21.1 Å². The lowest BCUT2D eigenvalue weighted by Gasteiger charge is -2.24. The van der Waals surface area contributed by atoms with E-state index in [0.717, 1.165) is 11.0 Å². The van der Waals surface area contributed by atoms with Crippen LogP contribution in [0.4, 0.5) is 0 Å². The first-order valence-corrected chi connectivity index (χ1v) is 6.37. The lowest BCUT2D eigenvalue weighted by atomic mass is 9.99. The fourth-order valence-electron chi connectivity index (χ4n) is 2.96. The molecule has 0 bridgehead atoms. The highest BCUT2D eigenvalue weighted by Gasteiger charge is 2.18. The molecule has 0 N–H and O–H groups in total. The van der Waals surface area contributed by atoms with Gasteiger partial charge in [-0.05, 0) is 34.7 Å². The smallest absolute Gasteiger partial charge is 0.104 e. The van der Waals surface area contributed by atoms with Crippen LogP contribution in [0.1, 0.15) is 16.7 Å². The van der Waals surface area contributed by atoms with Crippen LogP contribution in [0, 0.1) is 0 Å². The predicted molar refractivity (Wildman–Crippen MR) is 73.1 cm³/mol. The molecule has 1 aliphatic carbocycles. The number of hydrogen-bond donors (Lipinski definition) is 0. The molecule has 1 heteroatoms. The lowest BCUT2D eigenvalue weighted by Crippen LogP contribution is -2.33. The van der Waals surface area contributed by atoms with E-state index >= 15 is 0 Å². The van der Waals surface area contributed by atoms with Crippen molar-refractivity contribution in [3.05, 3.63) is 47.0 Å². The number of rotatable bonds is 2. The highest BCUT2D eigenvalue weighted by atomic mass is 15.3. The van der Waals surface area contributed by atoms with Gasteiger partial charge in [0.15, 0.2) is 0 Å². The summed E-state index contributed by atoms with van der Waals surface area (Å²) in [4.78, 5) is 0. The summed E-state index contributed by atoms with van der Waals surface area (Å²) in [6, 6.07) is 11.5. The van der Waals surface area contributed by atoms with E-state index in [1.165, 1.54) is 23.8 Å². The third-order valence-electron chi connectivity index (χ3n) is 3.61. The molecular weight excluding hydrogens is 206 g/mol. The van der Waals surface area contributed by atoms with Crippen molar-refractivity contribution in [1.29, 1.82) is 0 Å². The van der Waals surface area contributed by atoms with Crippen LogP contribution in [-0.2, 0) is 19.4 Å². The first-order chi connectivity index (χ1) is 8.04. The summed E-state index contributed by atoms with van der Waals surface area (Å²) in [6.45, 7) is 1.10. The minimum Gasteiger partial charge on any atom is -0.327 e. The number of aryl methyl sites for hydroxylation is 2. The van der Waals surface area contributed by atoms with E-state index in [1.54, 1.807) is 16.5 Å². The van der Waals surface area contributed by atoms with Gasteiger partial charge in [0.2, 0.25) is 0 Å². The summed E-state index contributed by atoms with van der Waals surface area (Å²) < 4.78 is 0.985. The van der Waals surface area contributed by atoms with Gasteiger partial charge in [-0.3, -0.25) is 0 Å². The summed E-state index contributed by atoms with van der Waals surface area (Å²) >= 11 is 0. The van der Waals surface area contributed by atoms with Crippen LogP contribution < -0.4 is 0 Å². The molecule has 0 spiro atoms. The second-order valence-electron chi connectivity index (χ2n) is 6.17. The van der Waals surface area contributed by atoms with Crippen molar-refractivity contribution in [3.8, 4) is 0 Å². The van der Waals surface area contributed by atoms with Crippen molar-refractivity contribution in [3.63, 3.8) is 0 Å². The average Bonchev–Trinajstić information content (AvgIpc) is 2.66. The maximum atomic E-state index is 2.34. The number of nitrogens with zero attached hydrogens (tertiary/aromatic N) is 1. The highest BCUT2D eigenvalue weighted by Crippen LogP contribution is 2.33. The summed E-state index contributed by atoms with van der Waals surface area (Å²) in [5.41, 5.74) is 4.57. The van der Waals surface area contributed by atoms with Crippen LogP contribution in [-0.4, -0.2) is 25.6 Å². The van der Waals surface area contributed by atoms with Gasteiger partial charge in [-0.15, -0.1) is 0 Å². The van der Waals surface area contributed by atoms with E-state index in [2.05, 4.69) is 51.5 Å². The molecule has 0 aromatic heterocycles. The molecule has 0 aliphatic heterocycles. The molecule has 0 saturated carbocycles. The Bertz CT molecular complexity index is 566. The average molecular weight is 226 g/mol. The monoisotopic (exact) mass is 226 g/mol. The third kappa shape index (κ3) is 1.85. The summed E-state index contributed by atoms with van der Waals surface area (Å²) in [5.74, 6) is 0. The Balaban J connectivity index is 2.22. The molecular formula is C16H20N+. The fraction of sp³-hybridized carbons (Fsp3) is 0.375. The SMILES string of the molecule is C[N+](C)(C)Cc1ccc2c3c(cccc13)CC2. The van der Waals surface area contributed by atoms with Gasteiger partial charge >= 0.3 is 0 Å². The first kappa shape index (κ1) is 10.8. The molecule has 0 saturated heterocycles. The lowest BCUT2D eigenvalue weighted by molar-refractivity contribution is -0.883. The molecule has 2 aromatic carbocycles. The molecule has 17 heavy (non-hydrogen) atoms. The number of benzene rings is 2. The van der Waals surface area contributed by atoms with Crippen molar-refractivity contribution in [2.75, 3.05) is 21.1 Å². The fourth-order valence-corrected chi connectivity index (χ4v) is 2.96. The Hall–Kier alpha value is -1.34. The first-order valence-electron chi connectivity index (χ1n) is 6.37. The maximum Gasteiger partial charge on any atom is 0.104 e. The van der Waals surface area contributed by atoms with E-state index in [4.69, 9.17) is 0 Å². The minimum atomic E-state index is 0.985. The maximum absolute atomic E-state index is 2.34. The van der Waals surface area contributed by atoms with Crippen LogP contribution in [0.15, 0.2) is 30.3 Å². The molecule has 0 radical (unpaired) electrons. The van der Waals surface area contributed by atoms with Crippen molar-refractivity contribution in [2.45, 2.75) is 19.4 Å². The van der Waals surface area contributed by atoms with Gasteiger partial charge in [-0.25, -0.2) is 0 Å². The predicted octanol–water partition coefficient (Wildman–Crippen LogP) is 3.14. The Morgan fingerprint density at radius 2 is 1.65 bits per heavy atom. The molecule has 0 heterocycles. The van der Waals surface area contributed by atoms with Crippen LogP contribution >= 0.6 is 0 Å². The van der Waals surface area contributed by atoms with E-state index in [0.29, 0.717) is 0 Å². The molecule has 0 amide bonds. The zero-order valence-corrected chi connectivity index (χ0v) is 11.0. The Morgan fingerprint density at radius 1 is 0.941 bits per heavy atom. The number of hydrogen-bond acceptors (Lipinski definition) is 0. The molecule has 2 aromatic rings. The standard InChI is InChI=1S/C16H20N/c1-17(2,3)11-14-10-9-13-8-7-12-5-4-6-15(14)16(12)13/h4-6,9-10H,7-8,11H2,1-3H3/q+1. The van der Waals surface area contributed by atoms with E-state index in [9.17, 15) is 0 Å². The Morgan fingerprint density at radius 3 is 2.35 bits per heavy atom. The van der Waals surface area contributed by atoms with Crippen molar-refractivity contribution < 1.29 is 4.48 Å². The van der Waals surface area contributed by atoms with Crippen molar-refractivity contribution in [2.24, 2.45) is 0 Å². The van der Waals surface area contributed by atoms with E-state index in [-0.39, 0.29) is 0 Å². The zero-order valence-electron chi connectivity index (χ0n) is 11.0. The third-order valence-corrected chi connectivity index (χ3v) is 3.61. The van der Waals surface area contributed by atoms with Crippen LogP contribution in [0.25, 0.3) is 10.8 Å². The van der Waals surface area contributed by atoms with Crippen LogP contribution in [0.5, 0.6) is 0 Å². The second kappa shape index (κ2) is 3.58. The van der Waals surface area contributed by atoms with Crippen LogP contribution in [0.3, 0.4) is 0 Å². The zero-order chi connectivity index (χ0) is 12.0. The Kier molecular flexibility index (Phi) is 2.27. The molecule has 0 atom stereocenters.